The molecule has 0 radical (unpaired) electrons. The lowest BCUT2D eigenvalue weighted by molar-refractivity contribution is -0.138. The number of carbonyl (C=O) groups excluding carboxylic acids is 2. The van der Waals surface area contributed by atoms with Gasteiger partial charge in [0.1, 0.15) is 11.6 Å². The van der Waals surface area contributed by atoms with Gasteiger partial charge in [0.2, 0.25) is 0 Å². The normalized spacial score (nSPS) is 40.0. The number of Topliss-reactive ketones (excluding diaryl/α,β-unsaturated/α-hetero) is 2. The molecule has 2 nitrogen and oxygen atoms in total. The Morgan fingerprint density at radius 2 is 1.33 bits per heavy atom. The Balaban J connectivity index is 2.27. The zero-order chi connectivity index (χ0) is 11.0. The molecule has 4 unspecified atom stereocenters. The smallest absolute Gasteiger partial charge is 0.137 e. The molecule has 0 aromatic rings. The van der Waals surface area contributed by atoms with Gasteiger partial charge in [-0.25, -0.2) is 0 Å². The van der Waals surface area contributed by atoms with E-state index in [0.29, 0.717) is 19.3 Å². The van der Waals surface area contributed by atoms with Gasteiger partial charge in [-0.1, -0.05) is 12.2 Å². The zero-order valence-electron chi connectivity index (χ0n) is 8.82. The van der Waals surface area contributed by atoms with Crippen molar-refractivity contribution in [3.63, 3.8) is 0 Å². The number of rotatable bonds is 2. The summed E-state index contributed by atoms with van der Waals surface area (Å²) in [4.78, 5) is 23.7. The summed E-state index contributed by atoms with van der Waals surface area (Å²) in [5.74, 6) is 0.809. The van der Waals surface area contributed by atoms with Crippen LogP contribution in [0.15, 0.2) is 25.3 Å². The maximum atomic E-state index is 11.8. The predicted molar refractivity (Wildman–Crippen MR) is 58.2 cm³/mol. The lowest BCUT2D eigenvalue weighted by atomic mass is 9.61. The average Bonchev–Trinajstić information content (AvgIpc) is 2.25. The highest BCUT2D eigenvalue weighted by molar-refractivity contribution is 5.91. The van der Waals surface area contributed by atoms with Gasteiger partial charge < -0.3 is 0 Å². The molecule has 2 saturated carbocycles. The Labute approximate surface area is 90.1 Å². The Morgan fingerprint density at radius 1 is 0.933 bits per heavy atom. The fourth-order valence-corrected chi connectivity index (χ4v) is 2.91. The molecule has 0 aromatic heterocycles. The van der Waals surface area contributed by atoms with E-state index in [1.54, 1.807) is 12.2 Å². The summed E-state index contributed by atoms with van der Waals surface area (Å²) in [7, 11) is 0. The Bertz CT molecular complexity index is 297. The maximum Gasteiger partial charge on any atom is 0.137 e. The van der Waals surface area contributed by atoms with Crippen LogP contribution in [0.1, 0.15) is 19.3 Å². The molecule has 0 spiro atoms. The lowest BCUT2D eigenvalue weighted by Gasteiger charge is -2.40. The molecule has 2 fully saturated rings. The standard InChI is InChI=1S/C13H16O2/c1-3-8-5-12(14)11-7-10(8)13(15)6-9(11)4-2/h3-4,8-11H,1-2,5-7H2. The van der Waals surface area contributed by atoms with Crippen molar-refractivity contribution in [1.82, 2.24) is 0 Å². The third kappa shape index (κ3) is 1.58. The molecule has 4 atom stereocenters. The first kappa shape index (κ1) is 10.3. The second-order valence-electron chi connectivity index (χ2n) is 4.59. The summed E-state index contributed by atoms with van der Waals surface area (Å²) in [5, 5.41) is 0. The Hall–Kier alpha value is -1.18. The molecule has 2 bridgehead atoms. The van der Waals surface area contributed by atoms with Crippen molar-refractivity contribution in [1.29, 1.82) is 0 Å². The van der Waals surface area contributed by atoms with E-state index in [1.807, 2.05) is 0 Å². The van der Waals surface area contributed by atoms with Crippen LogP contribution in [0.2, 0.25) is 0 Å². The van der Waals surface area contributed by atoms with E-state index in [4.69, 9.17) is 0 Å². The summed E-state index contributed by atoms with van der Waals surface area (Å²) >= 11 is 0. The topological polar surface area (TPSA) is 34.1 Å². The van der Waals surface area contributed by atoms with Crippen molar-refractivity contribution in [2.45, 2.75) is 19.3 Å². The van der Waals surface area contributed by atoms with Gasteiger partial charge in [0.05, 0.1) is 0 Å². The third-order valence-corrected chi connectivity index (χ3v) is 3.85. The number of fused-ring (bicyclic) bond motifs is 2. The van der Waals surface area contributed by atoms with Gasteiger partial charge in [0.15, 0.2) is 0 Å². The zero-order valence-corrected chi connectivity index (χ0v) is 8.82. The van der Waals surface area contributed by atoms with Gasteiger partial charge in [-0.2, -0.15) is 0 Å². The van der Waals surface area contributed by atoms with Crippen molar-refractivity contribution < 1.29 is 9.59 Å². The molecule has 2 aliphatic carbocycles. The number of allylic oxidation sites excluding steroid dienone is 2. The maximum absolute atomic E-state index is 11.8. The summed E-state index contributed by atoms with van der Waals surface area (Å²) in [6.07, 6.45) is 5.24. The van der Waals surface area contributed by atoms with Gasteiger partial charge in [0.25, 0.3) is 0 Å². The average molecular weight is 204 g/mol. The molecule has 80 valence electrons. The van der Waals surface area contributed by atoms with Gasteiger partial charge in [-0.15, -0.1) is 13.2 Å². The predicted octanol–water partition coefficient (Wildman–Crippen LogP) is 2.16. The first-order valence-corrected chi connectivity index (χ1v) is 5.48. The highest BCUT2D eigenvalue weighted by Gasteiger charge is 2.45. The largest absolute Gasteiger partial charge is 0.299 e. The number of carbonyl (C=O) groups is 2. The lowest BCUT2D eigenvalue weighted by Crippen LogP contribution is -2.44. The molecule has 2 aliphatic rings. The van der Waals surface area contributed by atoms with Crippen LogP contribution >= 0.6 is 0 Å². The van der Waals surface area contributed by atoms with E-state index >= 15 is 0 Å². The van der Waals surface area contributed by atoms with E-state index in [1.165, 1.54) is 0 Å². The molecule has 0 aliphatic heterocycles. The molecule has 15 heavy (non-hydrogen) atoms. The van der Waals surface area contributed by atoms with Crippen LogP contribution in [0.5, 0.6) is 0 Å². The van der Waals surface area contributed by atoms with E-state index in [0.717, 1.165) is 0 Å². The molecular weight excluding hydrogens is 188 g/mol. The first-order valence-electron chi connectivity index (χ1n) is 5.48. The van der Waals surface area contributed by atoms with Crippen molar-refractivity contribution in [3.8, 4) is 0 Å². The third-order valence-electron chi connectivity index (χ3n) is 3.85. The van der Waals surface area contributed by atoms with Crippen LogP contribution in [-0.2, 0) is 9.59 Å². The quantitative estimate of drug-likeness (QED) is 0.646. The molecule has 0 heterocycles. The van der Waals surface area contributed by atoms with Crippen LogP contribution in [0, 0.1) is 23.7 Å². The molecule has 0 saturated heterocycles. The van der Waals surface area contributed by atoms with Gasteiger partial charge in [-0.05, 0) is 18.3 Å². The first-order chi connectivity index (χ1) is 7.17. The molecule has 2 rings (SSSR count). The number of hydrogen-bond donors (Lipinski definition) is 0. The number of ketones is 2. The molecule has 0 amide bonds. The van der Waals surface area contributed by atoms with E-state index < -0.39 is 0 Å². The molecular formula is C13H16O2. The van der Waals surface area contributed by atoms with Crippen molar-refractivity contribution >= 4 is 11.6 Å². The van der Waals surface area contributed by atoms with Crippen LogP contribution in [0.3, 0.4) is 0 Å². The minimum Gasteiger partial charge on any atom is -0.299 e. The van der Waals surface area contributed by atoms with Crippen molar-refractivity contribution in [2.24, 2.45) is 23.7 Å². The van der Waals surface area contributed by atoms with Gasteiger partial charge in [0, 0.05) is 24.7 Å². The Morgan fingerprint density at radius 3 is 1.67 bits per heavy atom. The van der Waals surface area contributed by atoms with Gasteiger partial charge >= 0.3 is 0 Å². The molecule has 0 aromatic carbocycles. The van der Waals surface area contributed by atoms with E-state index in [9.17, 15) is 9.59 Å². The fraction of sp³-hybridized carbons (Fsp3) is 0.538. The molecule has 2 heteroatoms. The van der Waals surface area contributed by atoms with E-state index in [2.05, 4.69) is 13.2 Å². The minimum absolute atomic E-state index is 0.0430. The molecule has 0 N–H and O–H groups in total. The summed E-state index contributed by atoms with van der Waals surface area (Å²) in [5.41, 5.74) is 0. The minimum atomic E-state index is 0.0430. The van der Waals surface area contributed by atoms with Crippen LogP contribution < -0.4 is 0 Å². The SMILES string of the molecule is C=CC1CC(=O)C2CC1C(=O)CC2C=C. The summed E-state index contributed by atoms with van der Waals surface area (Å²) < 4.78 is 0. The second kappa shape index (κ2) is 3.76. The number of hydrogen-bond acceptors (Lipinski definition) is 2. The van der Waals surface area contributed by atoms with Crippen LogP contribution in [-0.4, -0.2) is 11.6 Å². The summed E-state index contributed by atoms with van der Waals surface area (Å²) in [6, 6.07) is 0. The van der Waals surface area contributed by atoms with Gasteiger partial charge in [-0.3, -0.25) is 9.59 Å². The monoisotopic (exact) mass is 204 g/mol. The van der Waals surface area contributed by atoms with Crippen molar-refractivity contribution in [3.05, 3.63) is 25.3 Å². The van der Waals surface area contributed by atoms with E-state index in [-0.39, 0.29) is 35.2 Å². The highest BCUT2D eigenvalue weighted by atomic mass is 16.1. The van der Waals surface area contributed by atoms with Crippen LogP contribution in [0.4, 0.5) is 0 Å². The Kier molecular flexibility index (Phi) is 2.59. The highest BCUT2D eigenvalue weighted by Crippen LogP contribution is 2.43. The van der Waals surface area contributed by atoms with Crippen LogP contribution in [0.25, 0.3) is 0 Å². The second-order valence-corrected chi connectivity index (χ2v) is 4.59. The summed E-state index contributed by atoms with van der Waals surface area (Å²) in [6.45, 7) is 7.43. The van der Waals surface area contributed by atoms with Crippen molar-refractivity contribution in [2.75, 3.05) is 0 Å². The fourth-order valence-electron chi connectivity index (χ4n) is 2.91.